The Morgan fingerprint density at radius 2 is 1.70 bits per heavy atom. The van der Waals surface area contributed by atoms with Gasteiger partial charge in [0.05, 0.1) is 12.2 Å². The Labute approximate surface area is 158 Å². The van der Waals surface area contributed by atoms with Gasteiger partial charge in [0.25, 0.3) is 0 Å². The van der Waals surface area contributed by atoms with Gasteiger partial charge < -0.3 is 0 Å². The molecule has 1 aliphatic rings. The van der Waals surface area contributed by atoms with Crippen LogP contribution in [0, 0.1) is 0 Å². The van der Waals surface area contributed by atoms with Crippen LogP contribution in [0.4, 0.5) is 0 Å². The van der Waals surface area contributed by atoms with Crippen molar-refractivity contribution in [3.8, 4) is 11.3 Å². The SMILES string of the molecule is O=S(=O)(/C=C/c1ccccc1)N1CC[C@H](n2cc(-c3ccccc3)nn2)C1. The molecule has 2 aromatic carbocycles. The number of sulfonamides is 1. The Balaban J connectivity index is 1.46. The van der Waals surface area contributed by atoms with Gasteiger partial charge in [0.2, 0.25) is 10.0 Å². The molecule has 0 saturated carbocycles. The van der Waals surface area contributed by atoms with Gasteiger partial charge in [-0.15, -0.1) is 5.10 Å². The molecule has 7 heteroatoms. The molecule has 0 radical (unpaired) electrons. The van der Waals surface area contributed by atoms with Crippen LogP contribution in [0.5, 0.6) is 0 Å². The Hall–Kier alpha value is -2.77. The third kappa shape index (κ3) is 3.99. The normalized spacial score (nSPS) is 18.3. The van der Waals surface area contributed by atoms with E-state index in [1.807, 2.05) is 66.9 Å². The fourth-order valence-corrected chi connectivity index (χ4v) is 4.41. The van der Waals surface area contributed by atoms with E-state index in [1.165, 1.54) is 9.71 Å². The molecule has 27 heavy (non-hydrogen) atoms. The van der Waals surface area contributed by atoms with Crippen molar-refractivity contribution in [2.75, 3.05) is 13.1 Å². The Morgan fingerprint density at radius 3 is 2.44 bits per heavy atom. The molecule has 1 aromatic heterocycles. The average molecular weight is 380 g/mol. The van der Waals surface area contributed by atoms with Crippen molar-refractivity contribution < 1.29 is 8.42 Å². The molecule has 1 saturated heterocycles. The predicted octanol–water partition coefficient (Wildman–Crippen LogP) is 3.19. The van der Waals surface area contributed by atoms with E-state index in [1.54, 1.807) is 10.8 Å². The summed E-state index contributed by atoms with van der Waals surface area (Å²) in [6.07, 6.45) is 4.23. The summed E-state index contributed by atoms with van der Waals surface area (Å²) in [5.41, 5.74) is 2.65. The highest BCUT2D eigenvalue weighted by Crippen LogP contribution is 2.26. The Bertz CT molecular complexity index is 1030. The minimum Gasteiger partial charge on any atom is -0.247 e. The first kappa shape index (κ1) is 17.6. The maximum Gasteiger partial charge on any atom is 0.236 e. The van der Waals surface area contributed by atoms with E-state index >= 15 is 0 Å². The van der Waals surface area contributed by atoms with E-state index in [-0.39, 0.29) is 6.04 Å². The van der Waals surface area contributed by atoms with Crippen LogP contribution in [0.25, 0.3) is 17.3 Å². The zero-order chi connectivity index (χ0) is 18.7. The van der Waals surface area contributed by atoms with Crippen LogP contribution in [0.15, 0.2) is 72.3 Å². The molecule has 3 aromatic rings. The molecule has 0 unspecified atom stereocenters. The van der Waals surface area contributed by atoms with Crippen molar-refractivity contribution in [2.24, 2.45) is 0 Å². The van der Waals surface area contributed by atoms with Gasteiger partial charge in [0, 0.05) is 24.1 Å². The lowest BCUT2D eigenvalue weighted by atomic mass is 10.2. The van der Waals surface area contributed by atoms with Crippen LogP contribution >= 0.6 is 0 Å². The van der Waals surface area contributed by atoms with Gasteiger partial charge in [0.15, 0.2) is 0 Å². The van der Waals surface area contributed by atoms with Crippen molar-refractivity contribution in [1.29, 1.82) is 0 Å². The van der Waals surface area contributed by atoms with Crippen molar-refractivity contribution in [3.05, 3.63) is 77.8 Å². The second kappa shape index (κ2) is 7.46. The predicted molar refractivity (Wildman–Crippen MR) is 105 cm³/mol. The summed E-state index contributed by atoms with van der Waals surface area (Å²) in [5.74, 6) is 0. The van der Waals surface area contributed by atoms with Crippen molar-refractivity contribution in [3.63, 3.8) is 0 Å². The monoisotopic (exact) mass is 380 g/mol. The summed E-state index contributed by atoms with van der Waals surface area (Å²) in [5, 5.41) is 9.72. The van der Waals surface area contributed by atoms with Gasteiger partial charge in [-0.2, -0.15) is 4.31 Å². The number of aromatic nitrogens is 3. The van der Waals surface area contributed by atoms with Gasteiger partial charge in [-0.25, -0.2) is 13.1 Å². The molecule has 0 bridgehead atoms. The average Bonchev–Trinajstić information content (AvgIpc) is 3.38. The lowest BCUT2D eigenvalue weighted by Gasteiger charge is -2.13. The summed E-state index contributed by atoms with van der Waals surface area (Å²) < 4.78 is 28.5. The van der Waals surface area contributed by atoms with Crippen LogP contribution < -0.4 is 0 Å². The largest absolute Gasteiger partial charge is 0.247 e. The minimum atomic E-state index is -3.45. The van der Waals surface area contributed by atoms with Crippen LogP contribution in [0.3, 0.4) is 0 Å². The summed E-state index contributed by atoms with van der Waals surface area (Å²) >= 11 is 0. The zero-order valence-corrected chi connectivity index (χ0v) is 15.5. The summed E-state index contributed by atoms with van der Waals surface area (Å²) in [6, 6.07) is 19.2. The summed E-state index contributed by atoms with van der Waals surface area (Å²) in [6.45, 7) is 0.881. The number of hydrogen-bond acceptors (Lipinski definition) is 4. The second-order valence-electron chi connectivity index (χ2n) is 6.51. The van der Waals surface area contributed by atoms with Crippen molar-refractivity contribution >= 4 is 16.1 Å². The molecule has 2 heterocycles. The Morgan fingerprint density at radius 1 is 1.00 bits per heavy atom. The second-order valence-corrected chi connectivity index (χ2v) is 8.33. The fraction of sp³-hybridized carbons (Fsp3) is 0.200. The van der Waals surface area contributed by atoms with Crippen molar-refractivity contribution in [2.45, 2.75) is 12.5 Å². The molecule has 0 amide bonds. The molecule has 0 N–H and O–H groups in total. The van der Waals surface area contributed by atoms with Gasteiger partial charge in [-0.3, -0.25) is 0 Å². The smallest absolute Gasteiger partial charge is 0.236 e. The van der Waals surface area contributed by atoms with Gasteiger partial charge in [0.1, 0.15) is 5.69 Å². The highest BCUT2D eigenvalue weighted by Gasteiger charge is 2.31. The molecule has 6 nitrogen and oxygen atoms in total. The maximum atomic E-state index is 12.6. The fourth-order valence-electron chi connectivity index (χ4n) is 3.17. The van der Waals surface area contributed by atoms with E-state index in [0.29, 0.717) is 13.1 Å². The quantitative estimate of drug-likeness (QED) is 0.682. The third-order valence-electron chi connectivity index (χ3n) is 4.67. The first-order chi connectivity index (χ1) is 13.1. The molecule has 138 valence electrons. The standard InChI is InChI=1S/C20H20N4O2S/c25-27(26,14-12-17-7-3-1-4-8-17)23-13-11-19(15-23)24-16-20(21-22-24)18-9-5-2-6-10-18/h1-10,12,14,16,19H,11,13,15H2/b14-12+/t19-/m0/s1. The molecule has 0 aliphatic carbocycles. The topological polar surface area (TPSA) is 68.1 Å². The third-order valence-corrected chi connectivity index (χ3v) is 6.20. The molecule has 4 rings (SSSR count). The first-order valence-electron chi connectivity index (χ1n) is 8.82. The molecule has 1 fully saturated rings. The molecule has 1 aliphatic heterocycles. The van der Waals surface area contributed by atoms with E-state index in [9.17, 15) is 8.42 Å². The summed E-state index contributed by atoms with van der Waals surface area (Å²) in [7, 11) is -3.45. The van der Waals surface area contributed by atoms with Gasteiger partial charge in [-0.1, -0.05) is 65.9 Å². The summed E-state index contributed by atoms with van der Waals surface area (Å²) in [4.78, 5) is 0. The number of hydrogen-bond donors (Lipinski definition) is 0. The number of rotatable bonds is 5. The molecular weight excluding hydrogens is 360 g/mol. The lowest BCUT2D eigenvalue weighted by Crippen LogP contribution is -2.27. The number of benzene rings is 2. The highest BCUT2D eigenvalue weighted by atomic mass is 32.2. The van der Waals surface area contributed by atoms with Gasteiger partial charge >= 0.3 is 0 Å². The van der Waals surface area contributed by atoms with Crippen molar-refractivity contribution in [1.82, 2.24) is 19.3 Å². The number of nitrogens with zero attached hydrogens (tertiary/aromatic N) is 4. The molecule has 1 atom stereocenters. The molecular formula is C20H20N4O2S. The van der Waals surface area contributed by atoms with E-state index in [0.717, 1.165) is 23.2 Å². The van der Waals surface area contributed by atoms with Crippen LogP contribution in [-0.2, 0) is 10.0 Å². The van der Waals surface area contributed by atoms with E-state index in [4.69, 9.17) is 0 Å². The highest BCUT2D eigenvalue weighted by molar-refractivity contribution is 7.92. The zero-order valence-electron chi connectivity index (χ0n) is 14.7. The van der Waals surface area contributed by atoms with E-state index in [2.05, 4.69) is 10.3 Å². The lowest BCUT2D eigenvalue weighted by molar-refractivity contribution is 0.432. The van der Waals surface area contributed by atoms with E-state index < -0.39 is 10.0 Å². The minimum absolute atomic E-state index is 0.00476. The first-order valence-corrected chi connectivity index (χ1v) is 10.3. The van der Waals surface area contributed by atoms with Crippen LogP contribution in [0.1, 0.15) is 18.0 Å². The van der Waals surface area contributed by atoms with Gasteiger partial charge in [-0.05, 0) is 18.1 Å². The maximum absolute atomic E-state index is 12.6. The van der Waals surface area contributed by atoms with Crippen LogP contribution in [-0.4, -0.2) is 40.8 Å². The Kier molecular flexibility index (Phi) is 4.87. The molecule has 0 spiro atoms. The van der Waals surface area contributed by atoms with Crippen LogP contribution in [0.2, 0.25) is 0 Å².